The second-order valence-electron chi connectivity index (χ2n) is 7.81. The van der Waals surface area contributed by atoms with E-state index in [9.17, 15) is 13.2 Å². The number of benzene rings is 2. The molecule has 1 amide bonds. The van der Waals surface area contributed by atoms with Crippen LogP contribution in [-0.2, 0) is 21.3 Å². The maximum atomic E-state index is 13.1. The third-order valence-corrected chi connectivity index (χ3v) is 7.37. The van der Waals surface area contributed by atoms with E-state index < -0.39 is 10.0 Å². The van der Waals surface area contributed by atoms with Crippen LogP contribution in [-0.4, -0.2) is 54.7 Å². The normalized spacial score (nSPS) is 14.9. The lowest BCUT2D eigenvalue weighted by molar-refractivity contribution is 0.0730. The van der Waals surface area contributed by atoms with Crippen molar-refractivity contribution < 1.29 is 17.9 Å². The summed E-state index contributed by atoms with van der Waals surface area (Å²) in [4.78, 5) is 13.2. The van der Waals surface area contributed by atoms with Crippen LogP contribution in [0, 0.1) is 13.8 Å². The summed E-state index contributed by atoms with van der Waals surface area (Å²) in [6.07, 6.45) is 1.62. The monoisotopic (exact) mass is 454 g/mol. The smallest absolute Gasteiger partial charge is 0.257 e. The molecule has 0 atom stereocenters. The largest absolute Gasteiger partial charge is 0.379 e. The van der Waals surface area contributed by atoms with Gasteiger partial charge in [-0.2, -0.15) is 9.40 Å². The quantitative estimate of drug-likeness (QED) is 0.618. The SMILES string of the molecule is Cc1ccc(Cn2nccc2NC(=O)c2cc(S(=O)(=O)N3CCOCC3)ccc2C)cc1. The Hall–Kier alpha value is -3.01. The second-order valence-corrected chi connectivity index (χ2v) is 9.74. The molecule has 0 saturated carbocycles. The van der Waals surface area contributed by atoms with Gasteiger partial charge in [0.25, 0.3) is 5.91 Å². The van der Waals surface area contributed by atoms with E-state index in [1.54, 1.807) is 36.0 Å². The lowest BCUT2D eigenvalue weighted by Gasteiger charge is -2.26. The number of nitrogens with one attached hydrogen (secondary N) is 1. The number of morpholine rings is 1. The van der Waals surface area contributed by atoms with Gasteiger partial charge in [0.2, 0.25) is 10.0 Å². The maximum absolute atomic E-state index is 13.1. The predicted octanol–water partition coefficient (Wildman–Crippen LogP) is 2.82. The van der Waals surface area contributed by atoms with E-state index in [0.717, 1.165) is 5.56 Å². The number of nitrogens with zero attached hydrogens (tertiary/aromatic N) is 3. The van der Waals surface area contributed by atoms with Crippen molar-refractivity contribution in [3.8, 4) is 0 Å². The van der Waals surface area contributed by atoms with Crippen molar-refractivity contribution in [3.05, 3.63) is 77.0 Å². The number of carbonyl (C=O) groups is 1. The molecule has 0 spiro atoms. The first-order valence-electron chi connectivity index (χ1n) is 10.4. The summed E-state index contributed by atoms with van der Waals surface area (Å²) in [5, 5.41) is 7.18. The van der Waals surface area contributed by atoms with Crippen LogP contribution in [0.1, 0.15) is 27.0 Å². The van der Waals surface area contributed by atoms with Gasteiger partial charge in [0.1, 0.15) is 5.82 Å². The zero-order valence-corrected chi connectivity index (χ0v) is 18.9. The first kappa shape index (κ1) is 22.2. The van der Waals surface area contributed by atoms with E-state index in [2.05, 4.69) is 10.4 Å². The molecule has 0 unspecified atom stereocenters. The van der Waals surface area contributed by atoms with Crippen LogP contribution >= 0.6 is 0 Å². The third-order valence-electron chi connectivity index (χ3n) is 5.47. The molecule has 2 heterocycles. The second kappa shape index (κ2) is 9.23. The standard InChI is InChI=1S/C23H26N4O4S/c1-17-3-6-19(7-4-17)16-27-22(9-10-24-27)25-23(28)21-15-20(8-5-18(21)2)32(29,30)26-11-13-31-14-12-26/h3-10,15H,11-14,16H2,1-2H3,(H,25,28). The number of hydrogen-bond donors (Lipinski definition) is 1. The van der Waals surface area contributed by atoms with Crippen molar-refractivity contribution in [2.24, 2.45) is 0 Å². The molecule has 1 N–H and O–H groups in total. The van der Waals surface area contributed by atoms with Gasteiger partial charge in [-0.05, 0) is 37.1 Å². The van der Waals surface area contributed by atoms with Crippen LogP contribution in [0.15, 0.2) is 59.6 Å². The molecule has 0 bridgehead atoms. The molecule has 168 valence electrons. The van der Waals surface area contributed by atoms with Crippen molar-refractivity contribution in [3.63, 3.8) is 0 Å². The van der Waals surface area contributed by atoms with E-state index in [1.165, 1.54) is 15.9 Å². The fraction of sp³-hybridized carbons (Fsp3) is 0.304. The van der Waals surface area contributed by atoms with Crippen LogP contribution in [0.2, 0.25) is 0 Å². The molecule has 2 aromatic carbocycles. The van der Waals surface area contributed by atoms with Gasteiger partial charge in [-0.3, -0.25) is 4.79 Å². The van der Waals surface area contributed by atoms with E-state index in [1.807, 2.05) is 31.2 Å². The third kappa shape index (κ3) is 4.74. The number of rotatable bonds is 6. The number of amides is 1. The minimum Gasteiger partial charge on any atom is -0.379 e. The van der Waals surface area contributed by atoms with Gasteiger partial charge in [0.05, 0.1) is 30.9 Å². The number of carbonyl (C=O) groups excluding carboxylic acids is 1. The Morgan fingerprint density at radius 1 is 1.06 bits per heavy atom. The Bertz CT molecular complexity index is 1210. The molecule has 8 nitrogen and oxygen atoms in total. The molecular formula is C23H26N4O4S. The van der Waals surface area contributed by atoms with Crippen molar-refractivity contribution in [2.75, 3.05) is 31.6 Å². The summed E-state index contributed by atoms with van der Waals surface area (Å²) in [5.74, 6) is 0.156. The van der Waals surface area contributed by atoms with Crippen LogP contribution in [0.25, 0.3) is 0 Å². The van der Waals surface area contributed by atoms with E-state index >= 15 is 0 Å². The Morgan fingerprint density at radius 2 is 1.78 bits per heavy atom. The van der Waals surface area contributed by atoms with E-state index in [4.69, 9.17) is 4.74 Å². The van der Waals surface area contributed by atoms with Crippen molar-refractivity contribution >= 4 is 21.7 Å². The summed E-state index contributed by atoms with van der Waals surface area (Å²) in [5.41, 5.74) is 3.23. The number of aryl methyl sites for hydroxylation is 2. The highest BCUT2D eigenvalue weighted by molar-refractivity contribution is 7.89. The van der Waals surface area contributed by atoms with Crippen LogP contribution < -0.4 is 5.32 Å². The predicted molar refractivity (Wildman–Crippen MR) is 121 cm³/mol. The molecule has 0 aliphatic carbocycles. The highest BCUT2D eigenvalue weighted by Crippen LogP contribution is 2.22. The summed E-state index contributed by atoms with van der Waals surface area (Å²) < 4.78 is 34.3. The fourth-order valence-corrected chi connectivity index (χ4v) is 4.99. The Kier molecular flexibility index (Phi) is 6.40. The summed E-state index contributed by atoms with van der Waals surface area (Å²) >= 11 is 0. The fourth-order valence-electron chi connectivity index (χ4n) is 3.56. The molecule has 9 heteroatoms. The van der Waals surface area contributed by atoms with Crippen molar-refractivity contribution in [1.82, 2.24) is 14.1 Å². The van der Waals surface area contributed by atoms with Crippen LogP contribution in [0.3, 0.4) is 0 Å². The molecule has 1 aliphatic rings. The van der Waals surface area contributed by atoms with Crippen LogP contribution in [0.4, 0.5) is 5.82 Å². The Morgan fingerprint density at radius 3 is 2.50 bits per heavy atom. The maximum Gasteiger partial charge on any atom is 0.257 e. The lowest BCUT2D eigenvalue weighted by atomic mass is 10.1. The average molecular weight is 455 g/mol. The average Bonchev–Trinajstić information content (AvgIpc) is 3.22. The van der Waals surface area contributed by atoms with E-state index in [-0.39, 0.29) is 10.8 Å². The Balaban J connectivity index is 1.55. The minimum atomic E-state index is -3.69. The minimum absolute atomic E-state index is 0.100. The van der Waals surface area contributed by atoms with Gasteiger partial charge in [-0.15, -0.1) is 0 Å². The lowest BCUT2D eigenvalue weighted by Crippen LogP contribution is -2.40. The first-order chi connectivity index (χ1) is 15.3. The molecule has 4 rings (SSSR count). The van der Waals surface area contributed by atoms with Gasteiger partial charge >= 0.3 is 0 Å². The number of hydrogen-bond acceptors (Lipinski definition) is 5. The molecule has 3 aromatic rings. The summed E-state index contributed by atoms with van der Waals surface area (Å²) in [7, 11) is -3.69. The molecule has 1 aliphatic heterocycles. The van der Waals surface area contributed by atoms with Gasteiger partial charge in [-0.25, -0.2) is 13.1 Å². The number of ether oxygens (including phenoxy) is 1. The number of sulfonamides is 1. The van der Waals surface area contributed by atoms with E-state index in [0.29, 0.717) is 49.8 Å². The van der Waals surface area contributed by atoms with Gasteiger partial charge in [-0.1, -0.05) is 35.9 Å². The molecule has 1 saturated heterocycles. The highest BCUT2D eigenvalue weighted by Gasteiger charge is 2.27. The van der Waals surface area contributed by atoms with Crippen LogP contribution in [0.5, 0.6) is 0 Å². The number of anilines is 1. The van der Waals surface area contributed by atoms with Gasteiger partial charge in [0.15, 0.2) is 0 Å². The molecular weight excluding hydrogens is 428 g/mol. The first-order valence-corrected chi connectivity index (χ1v) is 11.9. The highest BCUT2D eigenvalue weighted by atomic mass is 32.2. The summed E-state index contributed by atoms with van der Waals surface area (Å²) in [6, 6.07) is 14.5. The zero-order chi connectivity index (χ0) is 22.7. The Labute approximate surface area is 187 Å². The van der Waals surface area contributed by atoms with Gasteiger partial charge < -0.3 is 10.1 Å². The van der Waals surface area contributed by atoms with Gasteiger partial charge in [0, 0.05) is 24.7 Å². The number of aromatic nitrogens is 2. The molecule has 1 fully saturated rings. The molecule has 0 radical (unpaired) electrons. The summed E-state index contributed by atoms with van der Waals surface area (Å²) in [6.45, 7) is 5.65. The molecule has 32 heavy (non-hydrogen) atoms. The van der Waals surface area contributed by atoms with Crippen molar-refractivity contribution in [2.45, 2.75) is 25.3 Å². The topological polar surface area (TPSA) is 93.5 Å². The zero-order valence-electron chi connectivity index (χ0n) is 18.1. The molecule has 1 aromatic heterocycles. The van der Waals surface area contributed by atoms with Crippen molar-refractivity contribution in [1.29, 1.82) is 0 Å².